The Bertz CT molecular complexity index is 346. The monoisotopic (exact) mass is 296 g/mol. The normalized spacial score (nSPS) is 18.5. The average molecular weight is 297 g/mol. The van der Waals surface area contributed by atoms with E-state index < -0.39 is 0 Å². The molecular weight excluding hydrogens is 276 g/mol. The van der Waals surface area contributed by atoms with Gasteiger partial charge in [0.1, 0.15) is 0 Å². The molecule has 0 amide bonds. The summed E-state index contributed by atoms with van der Waals surface area (Å²) in [4.78, 5) is 6.77. The first-order valence-corrected chi connectivity index (χ1v) is 7.39. The van der Waals surface area contributed by atoms with Crippen LogP contribution in [0.15, 0.2) is 22.9 Å². The molecule has 1 aromatic heterocycles. The summed E-state index contributed by atoms with van der Waals surface area (Å²) in [7, 11) is 0. The number of nitrogens with zero attached hydrogens (tertiary/aromatic N) is 2. The SMILES string of the molecule is CCCC1CCN(Cc2cncc(Br)c2)CC1. The Morgan fingerprint density at radius 2 is 2.12 bits per heavy atom. The molecule has 0 aromatic carbocycles. The van der Waals surface area contributed by atoms with Crippen molar-refractivity contribution in [2.45, 2.75) is 39.2 Å². The number of piperidine rings is 1. The maximum atomic E-state index is 4.22. The van der Waals surface area contributed by atoms with E-state index in [1.807, 2.05) is 12.4 Å². The largest absolute Gasteiger partial charge is 0.299 e. The number of aromatic nitrogens is 1. The minimum atomic E-state index is 0.969. The molecule has 0 spiro atoms. The van der Waals surface area contributed by atoms with Crippen LogP contribution in [0.5, 0.6) is 0 Å². The number of hydrogen-bond donors (Lipinski definition) is 0. The molecule has 17 heavy (non-hydrogen) atoms. The quantitative estimate of drug-likeness (QED) is 0.839. The Labute approximate surface area is 113 Å². The molecule has 0 aliphatic carbocycles. The van der Waals surface area contributed by atoms with Crippen molar-refractivity contribution in [2.24, 2.45) is 5.92 Å². The lowest BCUT2D eigenvalue weighted by Gasteiger charge is -2.31. The number of hydrogen-bond acceptors (Lipinski definition) is 2. The van der Waals surface area contributed by atoms with Crippen LogP contribution in [0.2, 0.25) is 0 Å². The first kappa shape index (κ1) is 13.0. The van der Waals surface area contributed by atoms with E-state index in [-0.39, 0.29) is 0 Å². The summed E-state index contributed by atoms with van der Waals surface area (Å²) in [6, 6.07) is 2.17. The molecule has 1 aliphatic heterocycles. The standard InChI is InChI=1S/C14H21BrN2/c1-2-3-12-4-6-17(7-5-12)11-13-8-14(15)10-16-9-13/h8-10,12H,2-7,11H2,1H3. The first-order chi connectivity index (χ1) is 8.28. The van der Waals surface area contributed by atoms with Crippen molar-refractivity contribution in [3.05, 3.63) is 28.5 Å². The van der Waals surface area contributed by atoms with Gasteiger partial charge in [0.25, 0.3) is 0 Å². The molecule has 0 atom stereocenters. The summed E-state index contributed by atoms with van der Waals surface area (Å²) >= 11 is 3.48. The third-order valence-corrected chi connectivity index (χ3v) is 4.01. The van der Waals surface area contributed by atoms with Crippen molar-refractivity contribution >= 4 is 15.9 Å². The van der Waals surface area contributed by atoms with Gasteiger partial charge in [0.15, 0.2) is 0 Å². The van der Waals surface area contributed by atoms with Crippen molar-refractivity contribution in [1.29, 1.82) is 0 Å². The predicted octanol–water partition coefficient (Wildman–Crippen LogP) is 3.86. The zero-order chi connectivity index (χ0) is 12.1. The lowest BCUT2D eigenvalue weighted by Crippen LogP contribution is -2.33. The topological polar surface area (TPSA) is 16.1 Å². The van der Waals surface area contributed by atoms with E-state index in [0.717, 1.165) is 16.9 Å². The van der Waals surface area contributed by atoms with Gasteiger partial charge in [-0.05, 0) is 59.4 Å². The molecule has 0 N–H and O–H groups in total. The lowest BCUT2D eigenvalue weighted by molar-refractivity contribution is 0.171. The van der Waals surface area contributed by atoms with E-state index in [0.29, 0.717) is 0 Å². The van der Waals surface area contributed by atoms with E-state index in [1.165, 1.54) is 44.3 Å². The highest BCUT2D eigenvalue weighted by Gasteiger charge is 2.18. The van der Waals surface area contributed by atoms with Gasteiger partial charge < -0.3 is 0 Å². The fraction of sp³-hybridized carbons (Fsp3) is 0.643. The van der Waals surface area contributed by atoms with E-state index in [1.54, 1.807) is 0 Å². The van der Waals surface area contributed by atoms with Crippen LogP contribution in [-0.2, 0) is 6.54 Å². The minimum absolute atomic E-state index is 0.969. The number of rotatable bonds is 4. The van der Waals surface area contributed by atoms with Crippen LogP contribution in [0.1, 0.15) is 38.2 Å². The number of halogens is 1. The van der Waals surface area contributed by atoms with Gasteiger partial charge in [-0.3, -0.25) is 9.88 Å². The summed E-state index contributed by atoms with van der Waals surface area (Å²) in [6.45, 7) is 5.83. The van der Waals surface area contributed by atoms with Gasteiger partial charge in [-0.2, -0.15) is 0 Å². The summed E-state index contributed by atoms with van der Waals surface area (Å²) in [5, 5.41) is 0. The Kier molecular flexibility index (Phi) is 4.99. The van der Waals surface area contributed by atoms with E-state index in [4.69, 9.17) is 0 Å². The molecule has 1 aliphatic rings. The predicted molar refractivity (Wildman–Crippen MR) is 74.8 cm³/mol. The molecule has 3 heteroatoms. The smallest absolute Gasteiger partial charge is 0.0410 e. The number of likely N-dealkylation sites (tertiary alicyclic amines) is 1. The second-order valence-corrected chi connectivity index (χ2v) is 5.94. The Hall–Kier alpha value is -0.410. The highest BCUT2D eigenvalue weighted by molar-refractivity contribution is 9.10. The van der Waals surface area contributed by atoms with Crippen molar-refractivity contribution in [2.75, 3.05) is 13.1 Å². The average Bonchev–Trinajstić information content (AvgIpc) is 2.32. The lowest BCUT2D eigenvalue weighted by atomic mass is 9.92. The fourth-order valence-electron chi connectivity index (χ4n) is 2.64. The van der Waals surface area contributed by atoms with Gasteiger partial charge in [0.2, 0.25) is 0 Å². The summed E-state index contributed by atoms with van der Waals surface area (Å²) < 4.78 is 1.08. The molecular formula is C14H21BrN2. The molecule has 0 saturated carbocycles. The highest BCUT2D eigenvalue weighted by Crippen LogP contribution is 2.23. The summed E-state index contributed by atoms with van der Waals surface area (Å²) in [5.41, 5.74) is 1.31. The first-order valence-electron chi connectivity index (χ1n) is 6.59. The number of pyridine rings is 1. The molecule has 1 aromatic rings. The molecule has 1 saturated heterocycles. The van der Waals surface area contributed by atoms with Crippen molar-refractivity contribution in [1.82, 2.24) is 9.88 Å². The Balaban J connectivity index is 1.82. The third kappa shape index (κ3) is 4.07. The molecule has 0 unspecified atom stereocenters. The summed E-state index contributed by atoms with van der Waals surface area (Å²) in [6.07, 6.45) is 9.30. The zero-order valence-corrected chi connectivity index (χ0v) is 12.1. The Morgan fingerprint density at radius 3 is 2.76 bits per heavy atom. The van der Waals surface area contributed by atoms with Crippen LogP contribution < -0.4 is 0 Å². The van der Waals surface area contributed by atoms with E-state index in [2.05, 4.69) is 38.8 Å². The zero-order valence-electron chi connectivity index (χ0n) is 10.5. The minimum Gasteiger partial charge on any atom is -0.299 e. The van der Waals surface area contributed by atoms with Gasteiger partial charge in [0.05, 0.1) is 0 Å². The van der Waals surface area contributed by atoms with E-state index in [9.17, 15) is 0 Å². The van der Waals surface area contributed by atoms with Gasteiger partial charge in [-0.1, -0.05) is 19.8 Å². The van der Waals surface area contributed by atoms with Crippen molar-refractivity contribution in [3.63, 3.8) is 0 Å². The maximum Gasteiger partial charge on any atom is 0.0410 e. The maximum absolute atomic E-state index is 4.22. The summed E-state index contributed by atoms with van der Waals surface area (Å²) in [5.74, 6) is 0.969. The molecule has 2 heterocycles. The van der Waals surface area contributed by atoms with Gasteiger partial charge in [-0.15, -0.1) is 0 Å². The fourth-order valence-corrected chi connectivity index (χ4v) is 3.05. The molecule has 0 bridgehead atoms. The van der Waals surface area contributed by atoms with Crippen molar-refractivity contribution in [3.8, 4) is 0 Å². The van der Waals surface area contributed by atoms with Gasteiger partial charge in [-0.25, -0.2) is 0 Å². The second kappa shape index (κ2) is 6.50. The van der Waals surface area contributed by atoms with Crippen LogP contribution in [-0.4, -0.2) is 23.0 Å². The molecule has 1 fully saturated rings. The van der Waals surface area contributed by atoms with E-state index >= 15 is 0 Å². The van der Waals surface area contributed by atoms with Gasteiger partial charge >= 0.3 is 0 Å². The molecule has 2 rings (SSSR count). The third-order valence-electron chi connectivity index (χ3n) is 3.57. The van der Waals surface area contributed by atoms with Crippen LogP contribution in [0.4, 0.5) is 0 Å². The van der Waals surface area contributed by atoms with Crippen LogP contribution in [0.3, 0.4) is 0 Å². The van der Waals surface area contributed by atoms with Crippen LogP contribution in [0.25, 0.3) is 0 Å². The van der Waals surface area contributed by atoms with Crippen LogP contribution >= 0.6 is 15.9 Å². The Morgan fingerprint density at radius 1 is 1.35 bits per heavy atom. The van der Waals surface area contributed by atoms with Crippen LogP contribution in [0, 0.1) is 5.92 Å². The molecule has 94 valence electrons. The highest BCUT2D eigenvalue weighted by atomic mass is 79.9. The molecule has 2 nitrogen and oxygen atoms in total. The molecule has 0 radical (unpaired) electrons. The van der Waals surface area contributed by atoms with Gasteiger partial charge in [0, 0.05) is 23.4 Å². The second-order valence-electron chi connectivity index (χ2n) is 5.02. The van der Waals surface area contributed by atoms with Crippen molar-refractivity contribution < 1.29 is 0 Å².